The summed E-state index contributed by atoms with van der Waals surface area (Å²) in [5, 5.41) is 54.2. The summed E-state index contributed by atoms with van der Waals surface area (Å²) in [5.41, 5.74) is -5.13. The Hall–Kier alpha value is -1.42. The van der Waals surface area contributed by atoms with Crippen LogP contribution in [0.1, 0.15) is 70.2 Å². The average Bonchev–Trinajstić information content (AvgIpc) is 2.73. The predicted molar refractivity (Wildman–Crippen MR) is 122 cm³/mol. The second-order valence-electron chi connectivity index (χ2n) is 11.0. The summed E-state index contributed by atoms with van der Waals surface area (Å²) in [5.74, 6) is -0.776. The van der Waals surface area contributed by atoms with Gasteiger partial charge in [0.2, 0.25) is 0 Å². The van der Waals surface area contributed by atoms with Crippen molar-refractivity contribution in [3.8, 4) is 11.5 Å². The molecule has 1 aromatic carbocycles. The van der Waals surface area contributed by atoms with Crippen molar-refractivity contribution < 1.29 is 39.7 Å². The first-order chi connectivity index (χ1) is 14.8. The van der Waals surface area contributed by atoms with Crippen LogP contribution in [-0.2, 0) is 15.9 Å². The van der Waals surface area contributed by atoms with Gasteiger partial charge in [-0.2, -0.15) is 0 Å². The van der Waals surface area contributed by atoms with Crippen LogP contribution < -0.4 is 4.74 Å². The molecular formula is C25H40O8. The molecule has 188 valence electrons. The fourth-order valence-corrected chi connectivity index (χ4v) is 5.10. The van der Waals surface area contributed by atoms with Crippen LogP contribution in [0.5, 0.6) is 11.5 Å². The van der Waals surface area contributed by atoms with Gasteiger partial charge in [0.25, 0.3) is 0 Å². The molecule has 0 radical (unpaired) electrons. The lowest BCUT2D eigenvalue weighted by atomic mass is 9.61. The van der Waals surface area contributed by atoms with Gasteiger partial charge >= 0.3 is 0 Å². The highest BCUT2D eigenvalue weighted by Crippen LogP contribution is 2.54. The molecule has 0 spiro atoms. The Morgan fingerprint density at radius 3 is 1.97 bits per heavy atom. The maximum atomic E-state index is 11.4. The van der Waals surface area contributed by atoms with Crippen molar-refractivity contribution in [3.63, 3.8) is 0 Å². The van der Waals surface area contributed by atoms with E-state index in [0.717, 1.165) is 28.0 Å². The van der Waals surface area contributed by atoms with Crippen molar-refractivity contribution in [2.24, 2.45) is 0 Å². The topological polar surface area (TPSA) is 129 Å². The number of ether oxygens (including phenoxy) is 3. The summed E-state index contributed by atoms with van der Waals surface area (Å²) in [7, 11) is 0. The summed E-state index contributed by atoms with van der Waals surface area (Å²) in [6, 6.07) is 0. The lowest BCUT2D eigenvalue weighted by molar-refractivity contribution is -0.460. The molecule has 1 saturated heterocycles. The van der Waals surface area contributed by atoms with Crippen LogP contribution in [0.4, 0.5) is 0 Å². The molecule has 2 heterocycles. The Bertz CT molecular complexity index is 952. The van der Waals surface area contributed by atoms with Crippen LogP contribution in [0, 0.1) is 20.8 Å². The van der Waals surface area contributed by atoms with E-state index in [0.29, 0.717) is 12.8 Å². The van der Waals surface area contributed by atoms with Crippen LogP contribution >= 0.6 is 0 Å². The minimum atomic E-state index is -2.09. The van der Waals surface area contributed by atoms with Crippen LogP contribution in [0.3, 0.4) is 0 Å². The number of hydrogen-bond acceptors (Lipinski definition) is 8. The molecule has 33 heavy (non-hydrogen) atoms. The molecular weight excluding hydrogens is 428 g/mol. The Labute approximate surface area is 196 Å². The zero-order valence-electron chi connectivity index (χ0n) is 21.3. The number of aromatic hydroxyl groups is 1. The van der Waals surface area contributed by atoms with Gasteiger partial charge in [0.15, 0.2) is 5.79 Å². The lowest BCUT2D eigenvalue weighted by Crippen LogP contribution is -2.85. The molecule has 0 aromatic heterocycles. The molecule has 1 fully saturated rings. The Morgan fingerprint density at radius 1 is 0.848 bits per heavy atom. The zero-order chi connectivity index (χ0) is 25.4. The average molecular weight is 469 g/mol. The fraction of sp³-hybridized carbons (Fsp3) is 0.760. The molecule has 2 aliphatic heterocycles. The highest BCUT2D eigenvalue weighted by atomic mass is 16.7. The maximum absolute atomic E-state index is 11.4. The number of fused-ring (bicyclic) bond motifs is 1. The number of benzene rings is 1. The quantitative estimate of drug-likeness (QED) is 0.455. The Kier molecular flexibility index (Phi) is 5.98. The second kappa shape index (κ2) is 7.54. The van der Waals surface area contributed by atoms with Crippen molar-refractivity contribution in [1.82, 2.24) is 0 Å². The van der Waals surface area contributed by atoms with Gasteiger partial charge in [0, 0.05) is 5.56 Å². The van der Waals surface area contributed by atoms with Gasteiger partial charge in [-0.3, -0.25) is 0 Å². The first-order valence-electron chi connectivity index (χ1n) is 11.4. The summed E-state index contributed by atoms with van der Waals surface area (Å²) in [6.07, 6.45) is 1.26. The third-order valence-electron chi connectivity index (χ3n) is 8.78. The number of phenols is 1. The third kappa shape index (κ3) is 3.41. The summed E-state index contributed by atoms with van der Waals surface area (Å²) >= 11 is 0. The molecule has 0 bridgehead atoms. The van der Waals surface area contributed by atoms with E-state index in [1.165, 1.54) is 34.6 Å². The van der Waals surface area contributed by atoms with Crippen molar-refractivity contribution >= 4 is 0 Å². The van der Waals surface area contributed by atoms with Gasteiger partial charge in [-0.25, -0.2) is 0 Å². The van der Waals surface area contributed by atoms with Crippen molar-refractivity contribution in [1.29, 1.82) is 0 Å². The number of hydrogen-bond donors (Lipinski definition) is 5. The molecule has 5 N–H and O–H groups in total. The van der Waals surface area contributed by atoms with E-state index in [1.54, 1.807) is 0 Å². The monoisotopic (exact) mass is 468 g/mol. The normalized spacial score (nSPS) is 43.2. The van der Waals surface area contributed by atoms with E-state index in [9.17, 15) is 25.5 Å². The van der Waals surface area contributed by atoms with Crippen LogP contribution in [-0.4, -0.2) is 72.5 Å². The summed E-state index contributed by atoms with van der Waals surface area (Å²) in [6.45, 7) is 13.9. The van der Waals surface area contributed by atoms with Gasteiger partial charge in [-0.1, -0.05) is 0 Å². The van der Waals surface area contributed by atoms with Crippen LogP contribution in [0.2, 0.25) is 0 Å². The maximum Gasteiger partial charge on any atom is 0.198 e. The molecule has 6 atom stereocenters. The highest BCUT2D eigenvalue weighted by Gasteiger charge is 2.74. The molecule has 0 saturated carbocycles. The van der Waals surface area contributed by atoms with Gasteiger partial charge in [-0.15, -0.1) is 0 Å². The fourth-order valence-electron chi connectivity index (χ4n) is 5.10. The van der Waals surface area contributed by atoms with Gasteiger partial charge in [0.05, 0.1) is 13.2 Å². The lowest BCUT2D eigenvalue weighted by Gasteiger charge is -2.65. The first kappa shape index (κ1) is 26.2. The summed E-state index contributed by atoms with van der Waals surface area (Å²) in [4.78, 5) is 0. The predicted octanol–water partition coefficient (Wildman–Crippen LogP) is 2.17. The van der Waals surface area contributed by atoms with Gasteiger partial charge in [0.1, 0.15) is 39.5 Å². The molecule has 8 heteroatoms. The molecule has 3 rings (SSSR count). The molecule has 2 aliphatic rings. The minimum absolute atomic E-state index is 0.0111. The zero-order valence-corrected chi connectivity index (χ0v) is 21.3. The van der Waals surface area contributed by atoms with Crippen LogP contribution in [0.25, 0.3) is 0 Å². The highest BCUT2D eigenvalue weighted by molar-refractivity contribution is 5.58. The Balaban J connectivity index is 1.93. The van der Waals surface area contributed by atoms with E-state index in [1.807, 2.05) is 27.7 Å². The van der Waals surface area contributed by atoms with Gasteiger partial charge < -0.3 is 39.7 Å². The summed E-state index contributed by atoms with van der Waals surface area (Å²) < 4.78 is 18.6. The molecule has 1 aromatic rings. The van der Waals surface area contributed by atoms with Crippen molar-refractivity contribution in [3.05, 3.63) is 22.3 Å². The SMILES string of the molecule is Cc1c(C)c2c(c(C)c1O)CCC(C)(CO[C@@]1(C)OC(C)(CO)[C@@](C)(O)[C@@](C)(O)C1(C)O)O2. The molecule has 3 unspecified atom stereocenters. The standard InChI is InChI=1S/C25H40O8/c1-14-15(2)19-17(16(3)18(14)27)10-11-20(4,32-19)13-31-25(9)24(8,30)23(7,29)22(6,28)21(5,12-26)33-25/h26-30H,10-13H2,1-9H3/t20?,21?,22-,23-,24?,25+/m1/s1. The number of aliphatic hydroxyl groups excluding tert-OH is 1. The van der Waals surface area contributed by atoms with E-state index in [4.69, 9.17) is 14.2 Å². The van der Waals surface area contributed by atoms with Crippen LogP contribution in [0.15, 0.2) is 0 Å². The number of phenolic OH excluding ortho intramolecular Hbond substituents is 1. The smallest absolute Gasteiger partial charge is 0.198 e. The molecule has 8 nitrogen and oxygen atoms in total. The molecule has 0 aliphatic carbocycles. The minimum Gasteiger partial charge on any atom is -0.507 e. The number of rotatable bonds is 4. The largest absolute Gasteiger partial charge is 0.507 e. The van der Waals surface area contributed by atoms with E-state index >= 15 is 0 Å². The van der Waals surface area contributed by atoms with Gasteiger partial charge in [-0.05, 0) is 91.8 Å². The first-order valence-corrected chi connectivity index (χ1v) is 11.4. The Morgan fingerprint density at radius 2 is 1.42 bits per heavy atom. The third-order valence-corrected chi connectivity index (χ3v) is 8.78. The van der Waals surface area contributed by atoms with E-state index in [-0.39, 0.29) is 12.4 Å². The van der Waals surface area contributed by atoms with Crippen molar-refractivity contribution in [2.75, 3.05) is 13.2 Å². The van der Waals surface area contributed by atoms with E-state index < -0.39 is 40.4 Å². The second-order valence-corrected chi connectivity index (χ2v) is 11.0. The molecule has 0 amide bonds. The van der Waals surface area contributed by atoms with E-state index in [2.05, 4.69) is 0 Å². The van der Waals surface area contributed by atoms with Crippen molar-refractivity contribution in [2.45, 2.75) is 109 Å². The number of aliphatic hydroxyl groups is 4.